The van der Waals surface area contributed by atoms with Gasteiger partial charge in [-0.25, -0.2) is 4.39 Å². The summed E-state index contributed by atoms with van der Waals surface area (Å²) >= 11 is 0. The van der Waals surface area contributed by atoms with E-state index < -0.39 is 5.82 Å². The summed E-state index contributed by atoms with van der Waals surface area (Å²) in [5.74, 6) is -0.561. The molecule has 1 aliphatic rings. The smallest absolute Gasteiger partial charge is 0.225 e. The van der Waals surface area contributed by atoms with Gasteiger partial charge in [0, 0.05) is 19.5 Å². The number of hydrogen-bond acceptors (Lipinski definition) is 3. The van der Waals surface area contributed by atoms with Crippen LogP contribution in [-0.2, 0) is 4.79 Å². The molecule has 1 amide bonds. The van der Waals surface area contributed by atoms with Crippen molar-refractivity contribution in [1.29, 1.82) is 0 Å². The molecule has 4 nitrogen and oxygen atoms in total. The fourth-order valence-electron chi connectivity index (χ4n) is 2.52. The van der Waals surface area contributed by atoms with Crippen molar-refractivity contribution in [3.05, 3.63) is 30.1 Å². The van der Waals surface area contributed by atoms with Crippen molar-refractivity contribution < 1.29 is 9.18 Å². The maximum atomic E-state index is 13.4. The third-order valence-electron chi connectivity index (χ3n) is 3.93. The number of hydrogen-bond donors (Lipinski definition) is 2. The molecule has 1 aliphatic heterocycles. The Bertz CT molecular complexity index is 486. The Balaban J connectivity index is 0.00000220. The van der Waals surface area contributed by atoms with Crippen molar-refractivity contribution in [2.24, 2.45) is 11.1 Å². The fraction of sp³-hybridized carbons (Fsp3) is 0.533. The van der Waals surface area contributed by atoms with Crippen LogP contribution in [-0.4, -0.2) is 37.0 Å². The minimum atomic E-state index is -0.405. The Morgan fingerprint density at radius 3 is 2.81 bits per heavy atom. The number of nitrogens with zero attached hydrogens (tertiary/aromatic N) is 1. The minimum absolute atomic E-state index is 0. The van der Waals surface area contributed by atoms with E-state index >= 15 is 0 Å². The number of carbonyl (C=O) groups is 1. The average Bonchev–Trinajstić information content (AvgIpc) is 2.82. The van der Waals surface area contributed by atoms with Crippen LogP contribution >= 0.6 is 12.4 Å². The number of amides is 1. The highest BCUT2D eigenvalue weighted by atomic mass is 35.5. The first-order valence-electron chi connectivity index (χ1n) is 6.99. The van der Waals surface area contributed by atoms with Gasteiger partial charge in [0.2, 0.25) is 5.91 Å². The minimum Gasteiger partial charge on any atom is -0.330 e. The Kier molecular flexibility index (Phi) is 6.58. The van der Waals surface area contributed by atoms with E-state index in [4.69, 9.17) is 5.73 Å². The first-order chi connectivity index (χ1) is 9.52. The van der Waals surface area contributed by atoms with Gasteiger partial charge < -0.3 is 16.0 Å². The van der Waals surface area contributed by atoms with Crippen LogP contribution in [0.2, 0.25) is 0 Å². The van der Waals surface area contributed by atoms with Gasteiger partial charge in [0.15, 0.2) is 0 Å². The van der Waals surface area contributed by atoms with Crippen molar-refractivity contribution in [3.8, 4) is 0 Å². The zero-order valence-corrected chi connectivity index (χ0v) is 13.1. The van der Waals surface area contributed by atoms with Crippen LogP contribution in [0.4, 0.5) is 10.1 Å². The zero-order valence-electron chi connectivity index (χ0n) is 12.3. The summed E-state index contributed by atoms with van der Waals surface area (Å²) in [7, 11) is 0. The van der Waals surface area contributed by atoms with Gasteiger partial charge in [-0.3, -0.25) is 4.79 Å². The van der Waals surface area contributed by atoms with Crippen LogP contribution in [0.25, 0.3) is 0 Å². The van der Waals surface area contributed by atoms with Gasteiger partial charge in [-0.15, -0.1) is 12.4 Å². The molecule has 1 atom stereocenters. The number of anilines is 1. The monoisotopic (exact) mass is 315 g/mol. The van der Waals surface area contributed by atoms with Crippen LogP contribution < -0.4 is 11.1 Å². The van der Waals surface area contributed by atoms with E-state index in [9.17, 15) is 9.18 Å². The molecule has 0 bridgehead atoms. The molecule has 0 radical (unpaired) electrons. The van der Waals surface area contributed by atoms with Crippen LogP contribution in [0.3, 0.4) is 0 Å². The van der Waals surface area contributed by atoms with Gasteiger partial charge in [-0.2, -0.15) is 0 Å². The Morgan fingerprint density at radius 1 is 1.48 bits per heavy atom. The molecule has 1 fully saturated rings. The summed E-state index contributed by atoms with van der Waals surface area (Å²) < 4.78 is 13.4. The van der Waals surface area contributed by atoms with E-state index in [1.54, 1.807) is 18.2 Å². The van der Waals surface area contributed by atoms with Gasteiger partial charge >= 0.3 is 0 Å². The van der Waals surface area contributed by atoms with Crippen LogP contribution in [0.15, 0.2) is 24.3 Å². The normalized spacial score (nSPS) is 21.9. The molecule has 0 aliphatic carbocycles. The van der Waals surface area contributed by atoms with Gasteiger partial charge in [0.1, 0.15) is 5.82 Å². The molecule has 118 valence electrons. The van der Waals surface area contributed by atoms with Gasteiger partial charge in [0.05, 0.1) is 5.69 Å². The van der Waals surface area contributed by atoms with E-state index in [1.165, 1.54) is 6.07 Å². The molecule has 1 saturated heterocycles. The number of halogens is 2. The van der Waals surface area contributed by atoms with E-state index in [0.29, 0.717) is 19.5 Å². The number of likely N-dealkylation sites (tertiary alicyclic amines) is 1. The predicted octanol–water partition coefficient (Wildman–Crippen LogP) is 2.25. The highest BCUT2D eigenvalue weighted by Gasteiger charge is 2.32. The lowest BCUT2D eigenvalue weighted by Gasteiger charge is -2.22. The quantitative estimate of drug-likeness (QED) is 0.876. The number of nitrogens with two attached hydrogens (primary N) is 1. The molecule has 2 rings (SSSR count). The van der Waals surface area contributed by atoms with Crippen molar-refractivity contribution in [1.82, 2.24) is 4.90 Å². The molecule has 21 heavy (non-hydrogen) atoms. The summed E-state index contributed by atoms with van der Waals surface area (Å²) in [6.07, 6.45) is 1.44. The molecule has 3 N–H and O–H groups in total. The van der Waals surface area contributed by atoms with Gasteiger partial charge in [-0.1, -0.05) is 19.1 Å². The lowest BCUT2D eigenvalue weighted by atomic mass is 9.90. The standard InChI is InChI=1S/C15H22FN3O.ClH/c1-15(10-17)7-9-19(11-15)8-6-14(20)18-13-5-3-2-4-12(13)16;/h2-5H,6-11,17H2,1H3,(H,18,20);1H. The maximum Gasteiger partial charge on any atom is 0.225 e. The second-order valence-corrected chi connectivity index (χ2v) is 5.82. The number of carbonyl (C=O) groups excluding carboxylic acids is 1. The molecule has 0 spiro atoms. The lowest BCUT2D eigenvalue weighted by molar-refractivity contribution is -0.116. The number of benzene rings is 1. The van der Waals surface area contributed by atoms with Crippen molar-refractivity contribution in [3.63, 3.8) is 0 Å². The SMILES string of the molecule is CC1(CN)CCN(CCC(=O)Nc2ccccc2F)C1.Cl. The Hall–Kier alpha value is -1.17. The fourth-order valence-corrected chi connectivity index (χ4v) is 2.52. The predicted molar refractivity (Wildman–Crippen MR) is 85.1 cm³/mol. The molecule has 1 unspecified atom stereocenters. The van der Waals surface area contributed by atoms with Crippen LogP contribution in [0, 0.1) is 11.2 Å². The largest absolute Gasteiger partial charge is 0.330 e. The number of nitrogens with one attached hydrogen (secondary N) is 1. The lowest BCUT2D eigenvalue weighted by Crippen LogP contribution is -2.32. The Labute approximate surface area is 131 Å². The second kappa shape index (κ2) is 7.73. The third-order valence-corrected chi connectivity index (χ3v) is 3.93. The van der Waals surface area contributed by atoms with E-state index in [0.717, 1.165) is 19.5 Å². The summed E-state index contributed by atoms with van der Waals surface area (Å²) in [4.78, 5) is 14.1. The van der Waals surface area contributed by atoms with Crippen LogP contribution in [0.5, 0.6) is 0 Å². The molecule has 6 heteroatoms. The Morgan fingerprint density at radius 2 is 2.19 bits per heavy atom. The zero-order chi connectivity index (χ0) is 14.6. The second-order valence-electron chi connectivity index (χ2n) is 5.82. The number of para-hydroxylation sites is 1. The van der Waals surface area contributed by atoms with Crippen molar-refractivity contribution in [2.45, 2.75) is 19.8 Å². The molecule has 0 aromatic heterocycles. The molecular weight excluding hydrogens is 293 g/mol. The molecule has 1 aromatic rings. The van der Waals surface area contributed by atoms with Crippen molar-refractivity contribution in [2.75, 3.05) is 31.5 Å². The highest BCUT2D eigenvalue weighted by molar-refractivity contribution is 5.90. The van der Waals surface area contributed by atoms with E-state index in [-0.39, 0.29) is 29.4 Å². The third kappa shape index (κ3) is 4.95. The summed E-state index contributed by atoms with van der Waals surface area (Å²) in [5, 5.41) is 2.60. The first kappa shape index (κ1) is 17.9. The van der Waals surface area contributed by atoms with E-state index in [1.807, 2.05) is 0 Å². The molecular formula is C15H23ClFN3O. The van der Waals surface area contributed by atoms with Gasteiger partial charge in [0.25, 0.3) is 0 Å². The van der Waals surface area contributed by atoms with Crippen molar-refractivity contribution >= 4 is 24.0 Å². The molecule has 1 aromatic carbocycles. The maximum absolute atomic E-state index is 13.4. The summed E-state index contributed by atoms with van der Waals surface area (Å²) in [6, 6.07) is 6.20. The van der Waals surface area contributed by atoms with E-state index in [2.05, 4.69) is 17.1 Å². The van der Waals surface area contributed by atoms with Gasteiger partial charge in [-0.05, 0) is 37.1 Å². The summed E-state index contributed by atoms with van der Waals surface area (Å²) in [6.45, 7) is 5.43. The first-order valence-corrected chi connectivity index (χ1v) is 6.99. The molecule has 0 saturated carbocycles. The average molecular weight is 316 g/mol. The summed E-state index contributed by atoms with van der Waals surface area (Å²) in [5.41, 5.74) is 6.17. The number of rotatable bonds is 5. The van der Waals surface area contributed by atoms with Crippen LogP contribution in [0.1, 0.15) is 19.8 Å². The molecule has 1 heterocycles. The topological polar surface area (TPSA) is 58.4 Å². The highest BCUT2D eigenvalue weighted by Crippen LogP contribution is 2.28.